The van der Waals surface area contributed by atoms with Crippen molar-refractivity contribution in [1.29, 1.82) is 5.26 Å². The van der Waals surface area contributed by atoms with Crippen LogP contribution >= 0.6 is 0 Å². The minimum absolute atomic E-state index is 0.226. The molecule has 1 N–H and O–H groups in total. The van der Waals surface area contributed by atoms with Gasteiger partial charge in [0.2, 0.25) is 10.0 Å². The Kier molecular flexibility index (Phi) is 4.17. The summed E-state index contributed by atoms with van der Waals surface area (Å²) in [4.78, 5) is 10.1. The molecule has 0 aliphatic carbocycles. The highest BCUT2D eigenvalue weighted by molar-refractivity contribution is 7.89. The molecule has 1 aromatic carbocycles. The maximum atomic E-state index is 12.2. The van der Waals surface area contributed by atoms with Crippen LogP contribution in [0.25, 0.3) is 0 Å². The Morgan fingerprint density at radius 1 is 1.35 bits per heavy atom. The Morgan fingerprint density at radius 2 is 1.90 bits per heavy atom. The quantitative estimate of drug-likeness (QED) is 0.672. The van der Waals surface area contributed by atoms with E-state index in [4.69, 9.17) is 5.26 Å². The number of aryl methyl sites for hydroxylation is 1. The Hall–Kier alpha value is -1.98. The molecule has 0 radical (unpaired) electrons. The topological polar surface area (TPSA) is 113 Å². The van der Waals surface area contributed by atoms with Crippen molar-refractivity contribution in [3.63, 3.8) is 0 Å². The normalized spacial score (nSPS) is 11.9. The number of hydrogen-bond acceptors (Lipinski definition) is 5. The van der Waals surface area contributed by atoms with E-state index in [0.29, 0.717) is 11.1 Å². The number of rotatable bonds is 4. The molecule has 0 fully saturated rings. The summed E-state index contributed by atoms with van der Waals surface area (Å²) >= 11 is 0. The lowest BCUT2D eigenvalue weighted by Crippen LogP contribution is -2.42. The minimum Gasteiger partial charge on any atom is -0.258 e. The molecule has 0 saturated heterocycles. The molecule has 0 saturated carbocycles. The van der Waals surface area contributed by atoms with Gasteiger partial charge in [-0.15, -0.1) is 0 Å². The first-order valence-corrected chi connectivity index (χ1v) is 7.19. The maximum absolute atomic E-state index is 12.2. The van der Waals surface area contributed by atoms with Crippen molar-refractivity contribution >= 4 is 15.7 Å². The van der Waals surface area contributed by atoms with Crippen molar-refractivity contribution in [2.24, 2.45) is 0 Å². The summed E-state index contributed by atoms with van der Waals surface area (Å²) in [5.74, 6) is 0. The fourth-order valence-corrected chi connectivity index (χ4v) is 3.00. The van der Waals surface area contributed by atoms with Crippen molar-refractivity contribution in [3.8, 4) is 6.07 Å². The molecular weight excluding hydrogens is 282 g/mol. The summed E-state index contributed by atoms with van der Waals surface area (Å²) in [6.45, 7) is 5.95. The molecule has 0 spiro atoms. The van der Waals surface area contributed by atoms with Gasteiger partial charge in [-0.3, -0.25) is 10.1 Å². The van der Waals surface area contributed by atoms with Crippen LogP contribution in [0.15, 0.2) is 17.0 Å². The molecular formula is C12H15N3O4S. The number of nitriles is 1. The van der Waals surface area contributed by atoms with Crippen LogP contribution in [0.1, 0.15) is 25.0 Å². The minimum atomic E-state index is -4.00. The van der Waals surface area contributed by atoms with Gasteiger partial charge in [-0.1, -0.05) is 0 Å². The fourth-order valence-electron chi connectivity index (χ4n) is 1.57. The molecule has 0 aromatic heterocycles. The molecule has 7 nitrogen and oxygen atoms in total. The van der Waals surface area contributed by atoms with E-state index in [-0.39, 0.29) is 10.6 Å². The zero-order chi connectivity index (χ0) is 15.7. The van der Waals surface area contributed by atoms with Gasteiger partial charge >= 0.3 is 0 Å². The zero-order valence-corrected chi connectivity index (χ0v) is 12.4. The van der Waals surface area contributed by atoms with Crippen LogP contribution in [0.4, 0.5) is 5.69 Å². The highest BCUT2D eigenvalue weighted by atomic mass is 32.2. The van der Waals surface area contributed by atoms with Crippen LogP contribution in [0, 0.1) is 35.3 Å². The molecule has 0 atom stereocenters. The molecule has 0 unspecified atom stereocenters. The summed E-state index contributed by atoms with van der Waals surface area (Å²) in [5.41, 5.74) is -0.658. The van der Waals surface area contributed by atoms with Crippen LogP contribution in [-0.4, -0.2) is 18.9 Å². The van der Waals surface area contributed by atoms with E-state index in [0.717, 1.165) is 6.07 Å². The van der Waals surface area contributed by atoms with E-state index < -0.39 is 20.5 Å². The van der Waals surface area contributed by atoms with Gasteiger partial charge in [0, 0.05) is 11.6 Å². The second kappa shape index (κ2) is 5.19. The predicted octanol–water partition coefficient (Wildman–Crippen LogP) is 1.79. The maximum Gasteiger partial charge on any atom is 0.273 e. The van der Waals surface area contributed by atoms with Gasteiger partial charge in [0.25, 0.3) is 5.69 Å². The van der Waals surface area contributed by atoms with E-state index in [1.165, 1.54) is 19.9 Å². The van der Waals surface area contributed by atoms with E-state index in [9.17, 15) is 18.5 Å². The van der Waals surface area contributed by atoms with E-state index in [1.807, 2.05) is 0 Å². The van der Waals surface area contributed by atoms with Crippen LogP contribution in [0.2, 0.25) is 0 Å². The Labute approximate surface area is 117 Å². The fraction of sp³-hybridized carbons (Fsp3) is 0.417. The van der Waals surface area contributed by atoms with Crippen LogP contribution in [-0.2, 0) is 10.0 Å². The molecule has 0 aliphatic rings. The molecule has 0 aliphatic heterocycles. The third-order valence-corrected chi connectivity index (χ3v) is 4.42. The Morgan fingerprint density at radius 3 is 2.35 bits per heavy atom. The van der Waals surface area contributed by atoms with Gasteiger partial charge in [-0.05, 0) is 39.3 Å². The predicted molar refractivity (Wildman–Crippen MR) is 72.6 cm³/mol. The molecule has 108 valence electrons. The monoisotopic (exact) mass is 297 g/mol. The van der Waals surface area contributed by atoms with Crippen molar-refractivity contribution in [2.75, 3.05) is 0 Å². The zero-order valence-electron chi connectivity index (χ0n) is 11.6. The summed E-state index contributed by atoms with van der Waals surface area (Å²) in [6, 6.07) is 4.15. The second-order valence-electron chi connectivity index (χ2n) is 4.98. The SMILES string of the molecule is Cc1cc(S(=O)(=O)NC(C)(C)C#N)cc([N+](=O)[O-])c1C. The molecule has 8 heteroatoms. The number of benzene rings is 1. The number of hydrogen-bond donors (Lipinski definition) is 1. The third kappa shape index (κ3) is 3.31. The van der Waals surface area contributed by atoms with Gasteiger partial charge in [-0.25, -0.2) is 8.42 Å². The number of sulfonamides is 1. The molecule has 20 heavy (non-hydrogen) atoms. The molecule has 1 aromatic rings. The first-order chi connectivity index (χ1) is 9.00. The summed E-state index contributed by atoms with van der Waals surface area (Å²) in [7, 11) is -4.00. The lowest BCUT2D eigenvalue weighted by atomic mass is 10.1. The third-order valence-electron chi connectivity index (χ3n) is 2.79. The smallest absolute Gasteiger partial charge is 0.258 e. The van der Waals surface area contributed by atoms with Crippen molar-refractivity contribution in [2.45, 2.75) is 38.1 Å². The van der Waals surface area contributed by atoms with E-state index in [2.05, 4.69) is 4.72 Å². The number of nitro benzene ring substituents is 1. The van der Waals surface area contributed by atoms with Crippen molar-refractivity contribution in [3.05, 3.63) is 33.4 Å². The standard InChI is InChI=1S/C12H15N3O4S/c1-8-5-10(6-11(9(8)2)15(16)17)20(18,19)14-12(3,4)7-13/h5-6,14H,1-4H3. The van der Waals surface area contributed by atoms with Crippen LogP contribution < -0.4 is 4.72 Å². The van der Waals surface area contributed by atoms with Gasteiger partial charge in [-0.2, -0.15) is 9.98 Å². The summed E-state index contributed by atoms with van der Waals surface area (Å²) in [5, 5.41) is 19.8. The Balaban J connectivity index is 3.42. The molecule has 0 amide bonds. The molecule has 1 rings (SSSR count). The summed E-state index contributed by atoms with van der Waals surface area (Å²) in [6.07, 6.45) is 0. The molecule has 0 bridgehead atoms. The van der Waals surface area contributed by atoms with Crippen LogP contribution in [0.5, 0.6) is 0 Å². The summed E-state index contributed by atoms with van der Waals surface area (Å²) < 4.78 is 26.5. The highest BCUT2D eigenvalue weighted by Crippen LogP contribution is 2.26. The Bertz CT molecular complexity index is 702. The van der Waals surface area contributed by atoms with Crippen LogP contribution in [0.3, 0.4) is 0 Å². The van der Waals surface area contributed by atoms with Crippen molar-refractivity contribution in [1.82, 2.24) is 4.72 Å². The molecule has 0 heterocycles. The first-order valence-electron chi connectivity index (χ1n) is 5.71. The van der Waals surface area contributed by atoms with Crippen molar-refractivity contribution < 1.29 is 13.3 Å². The first kappa shape index (κ1) is 16.1. The highest BCUT2D eigenvalue weighted by Gasteiger charge is 2.28. The van der Waals surface area contributed by atoms with E-state index in [1.54, 1.807) is 19.9 Å². The largest absolute Gasteiger partial charge is 0.273 e. The average Bonchev–Trinajstić information content (AvgIpc) is 2.30. The van der Waals surface area contributed by atoms with Gasteiger partial charge in [0.15, 0.2) is 0 Å². The lowest BCUT2D eigenvalue weighted by molar-refractivity contribution is -0.385. The van der Waals surface area contributed by atoms with Gasteiger partial charge in [0.1, 0.15) is 5.54 Å². The van der Waals surface area contributed by atoms with E-state index >= 15 is 0 Å². The average molecular weight is 297 g/mol. The van der Waals surface area contributed by atoms with Gasteiger partial charge < -0.3 is 0 Å². The van der Waals surface area contributed by atoms with Gasteiger partial charge in [0.05, 0.1) is 15.9 Å². The number of nitrogens with zero attached hydrogens (tertiary/aromatic N) is 2. The number of nitro groups is 1. The second-order valence-corrected chi connectivity index (χ2v) is 6.67. The number of nitrogens with one attached hydrogen (secondary N) is 1. The lowest BCUT2D eigenvalue weighted by Gasteiger charge is -2.18.